The van der Waals surface area contributed by atoms with Gasteiger partial charge in [-0.1, -0.05) is 13.0 Å². The molecule has 148 valence electrons. The van der Waals surface area contributed by atoms with E-state index in [2.05, 4.69) is 4.74 Å². The lowest BCUT2D eigenvalue weighted by Gasteiger charge is -2.38. The molecule has 1 fully saturated rings. The summed E-state index contributed by atoms with van der Waals surface area (Å²) in [7, 11) is 0. The molecule has 26 heavy (non-hydrogen) atoms. The third kappa shape index (κ3) is 8.36. The second-order valence-corrected chi connectivity index (χ2v) is 8.84. The molecule has 0 saturated carbocycles. The van der Waals surface area contributed by atoms with Gasteiger partial charge in [0.15, 0.2) is 0 Å². The van der Waals surface area contributed by atoms with Crippen molar-refractivity contribution in [1.82, 2.24) is 4.90 Å². The predicted octanol–water partition coefficient (Wildman–Crippen LogP) is 4.06. The summed E-state index contributed by atoms with van der Waals surface area (Å²) in [5.74, 6) is -0.768. The van der Waals surface area contributed by atoms with Crippen molar-refractivity contribution in [3.63, 3.8) is 0 Å². The minimum absolute atomic E-state index is 0.258. The second kappa shape index (κ2) is 8.10. The van der Waals surface area contributed by atoms with E-state index < -0.39 is 23.3 Å². The number of carbonyl (C=O) groups is 3. The van der Waals surface area contributed by atoms with Crippen LogP contribution in [-0.4, -0.2) is 47.4 Å². The van der Waals surface area contributed by atoms with Gasteiger partial charge < -0.3 is 19.1 Å². The standard InChI is InChI=1S/C19H31NO6/c1-17(2,3)25-15(22)20-12-10-19(7,11-13-20)9-8-14(21)24-16(23)26-18(4,5)6/h8-9H,10-13H2,1-7H3/b9-8+. The molecule has 0 aromatic heterocycles. The number of nitrogens with zero attached hydrogens (tertiary/aromatic N) is 1. The van der Waals surface area contributed by atoms with Gasteiger partial charge in [-0.2, -0.15) is 0 Å². The molecule has 1 aliphatic heterocycles. The maximum atomic E-state index is 12.1. The summed E-state index contributed by atoms with van der Waals surface area (Å²) >= 11 is 0. The average molecular weight is 369 g/mol. The van der Waals surface area contributed by atoms with E-state index in [1.807, 2.05) is 27.7 Å². The van der Waals surface area contributed by atoms with Gasteiger partial charge in [-0.15, -0.1) is 0 Å². The number of amides is 1. The summed E-state index contributed by atoms with van der Waals surface area (Å²) in [4.78, 5) is 37.0. The van der Waals surface area contributed by atoms with Crippen LogP contribution in [0.4, 0.5) is 9.59 Å². The second-order valence-electron chi connectivity index (χ2n) is 8.84. The summed E-state index contributed by atoms with van der Waals surface area (Å²) in [6.07, 6.45) is 2.99. The summed E-state index contributed by atoms with van der Waals surface area (Å²) < 4.78 is 14.9. The van der Waals surface area contributed by atoms with Crippen LogP contribution < -0.4 is 0 Å². The van der Waals surface area contributed by atoms with Crippen LogP contribution in [0.1, 0.15) is 61.3 Å². The number of likely N-dealkylation sites (tertiary alicyclic amines) is 1. The largest absolute Gasteiger partial charge is 0.516 e. The minimum Gasteiger partial charge on any atom is -0.444 e. The molecule has 1 aliphatic rings. The average Bonchev–Trinajstić information content (AvgIpc) is 2.42. The van der Waals surface area contributed by atoms with Crippen LogP contribution in [0.2, 0.25) is 0 Å². The van der Waals surface area contributed by atoms with Gasteiger partial charge in [-0.25, -0.2) is 14.4 Å². The Labute approximate surface area is 155 Å². The van der Waals surface area contributed by atoms with Gasteiger partial charge in [-0.05, 0) is 59.8 Å². The van der Waals surface area contributed by atoms with Crippen LogP contribution in [0.15, 0.2) is 12.2 Å². The smallest absolute Gasteiger partial charge is 0.444 e. The fraction of sp³-hybridized carbons (Fsp3) is 0.737. The first kappa shape index (κ1) is 22.0. The van der Waals surface area contributed by atoms with Crippen molar-refractivity contribution in [2.45, 2.75) is 72.5 Å². The summed E-state index contributed by atoms with van der Waals surface area (Å²) in [5, 5.41) is 0. The van der Waals surface area contributed by atoms with Gasteiger partial charge >= 0.3 is 18.2 Å². The Bertz CT molecular complexity index is 560. The van der Waals surface area contributed by atoms with Crippen molar-refractivity contribution in [1.29, 1.82) is 0 Å². The van der Waals surface area contributed by atoms with Crippen molar-refractivity contribution >= 4 is 18.2 Å². The Morgan fingerprint density at radius 3 is 1.88 bits per heavy atom. The molecule has 0 atom stereocenters. The van der Waals surface area contributed by atoms with Crippen LogP contribution in [0.25, 0.3) is 0 Å². The van der Waals surface area contributed by atoms with Crippen LogP contribution in [0, 0.1) is 5.41 Å². The van der Waals surface area contributed by atoms with Crippen molar-refractivity contribution in [3.05, 3.63) is 12.2 Å². The number of hydrogen-bond acceptors (Lipinski definition) is 6. The quantitative estimate of drug-likeness (QED) is 0.415. The molecule has 0 aromatic carbocycles. The molecule has 0 aromatic rings. The number of esters is 1. The van der Waals surface area contributed by atoms with Gasteiger partial charge in [0.25, 0.3) is 0 Å². The summed E-state index contributed by atoms with van der Waals surface area (Å²) in [5.41, 5.74) is -1.50. The third-order valence-electron chi connectivity index (χ3n) is 3.75. The molecule has 1 heterocycles. The van der Waals surface area contributed by atoms with E-state index in [0.29, 0.717) is 25.9 Å². The highest BCUT2D eigenvalue weighted by Gasteiger charge is 2.32. The number of rotatable bonds is 2. The number of piperidine rings is 1. The van der Waals surface area contributed by atoms with E-state index in [4.69, 9.17) is 9.47 Å². The normalized spacial score (nSPS) is 17.7. The molecule has 1 saturated heterocycles. The molecule has 0 spiro atoms. The molecule has 0 aliphatic carbocycles. The van der Waals surface area contributed by atoms with Crippen LogP contribution in [-0.2, 0) is 19.0 Å². The molecule has 1 amide bonds. The molecule has 0 radical (unpaired) electrons. The van der Waals surface area contributed by atoms with Gasteiger partial charge in [-0.3, -0.25) is 0 Å². The van der Waals surface area contributed by atoms with Crippen molar-refractivity contribution in [3.8, 4) is 0 Å². The fourth-order valence-corrected chi connectivity index (χ4v) is 2.35. The van der Waals surface area contributed by atoms with Crippen molar-refractivity contribution < 1.29 is 28.6 Å². The summed E-state index contributed by atoms with van der Waals surface area (Å²) in [6, 6.07) is 0. The van der Waals surface area contributed by atoms with E-state index in [9.17, 15) is 14.4 Å². The molecular formula is C19H31NO6. The predicted molar refractivity (Wildman–Crippen MR) is 96.6 cm³/mol. The van der Waals surface area contributed by atoms with E-state index in [1.165, 1.54) is 6.08 Å². The zero-order valence-electron chi connectivity index (χ0n) is 16.9. The molecule has 0 N–H and O–H groups in total. The maximum absolute atomic E-state index is 12.1. The molecule has 0 unspecified atom stereocenters. The number of hydrogen-bond donors (Lipinski definition) is 0. The van der Waals surface area contributed by atoms with E-state index in [0.717, 1.165) is 0 Å². The molecule has 1 rings (SSSR count). The Morgan fingerprint density at radius 1 is 0.923 bits per heavy atom. The highest BCUT2D eigenvalue weighted by molar-refractivity contribution is 5.90. The fourth-order valence-electron chi connectivity index (χ4n) is 2.35. The first-order valence-electron chi connectivity index (χ1n) is 8.81. The first-order chi connectivity index (χ1) is 11.7. The van der Waals surface area contributed by atoms with Gasteiger partial charge in [0.1, 0.15) is 11.2 Å². The minimum atomic E-state index is -1.02. The highest BCUT2D eigenvalue weighted by Crippen LogP contribution is 2.33. The third-order valence-corrected chi connectivity index (χ3v) is 3.75. The first-order valence-corrected chi connectivity index (χ1v) is 8.81. The number of allylic oxidation sites excluding steroid dienone is 1. The molecular weight excluding hydrogens is 338 g/mol. The van der Waals surface area contributed by atoms with Crippen LogP contribution >= 0.6 is 0 Å². The molecule has 7 nitrogen and oxygen atoms in total. The monoisotopic (exact) mass is 369 g/mol. The van der Waals surface area contributed by atoms with E-state index in [1.54, 1.807) is 31.7 Å². The molecule has 7 heteroatoms. The van der Waals surface area contributed by atoms with E-state index in [-0.39, 0.29) is 11.5 Å². The number of ether oxygens (including phenoxy) is 3. The Balaban J connectivity index is 2.51. The maximum Gasteiger partial charge on any atom is 0.516 e. The Morgan fingerprint density at radius 2 is 1.42 bits per heavy atom. The lowest BCUT2D eigenvalue weighted by atomic mass is 9.80. The lowest BCUT2D eigenvalue weighted by molar-refractivity contribution is -0.135. The van der Waals surface area contributed by atoms with Crippen LogP contribution in [0.5, 0.6) is 0 Å². The van der Waals surface area contributed by atoms with Gasteiger partial charge in [0.05, 0.1) is 0 Å². The van der Waals surface area contributed by atoms with Gasteiger partial charge in [0, 0.05) is 19.2 Å². The zero-order valence-corrected chi connectivity index (χ0v) is 16.9. The van der Waals surface area contributed by atoms with E-state index >= 15 is 0 Å². The van der Waals surface area contributed by atoms with Crippen LogP contribution in [0.3, 0.4) is 0 Å². The zero-order chi connectivity index (χ0) is 20.2. The SMILES string of the molecule is CC1(/C=C/C(=O)OC(=O)OC(C)(C)C)CCN(C(=O)OC(C)(C)C)CC1. The highest BCUT2D eigenvalue weighted by atomic mass is 16.7. The molecule has 0 bridgehead atoms. The topological polar surface area (TPSA) is 82.1 Å². The Kier molecular flexibility index (Phi) is 6.85. The Hall–Kier alpha value is -2.05. The summed E-state index contributed by atoms with van der Waals surface area (Å²) in [6.45, 7) is 13.6. The van der Waals surface area contributed by atoms with Crippen molar-refractivity contribution in [2.75, 3.05) is 13.1 Å². The van der Waals surface area contributed by atoms with Gasteiger partial charge in [0.2, 0.25) is 0 Å². The van der Waals surface area contributed by atoms with Crippen molar-refractivity contribution in [2.24, 2.45) is 5.41 Å². The lowest BCUT2D eigenvalue weighted by Crippen LogP contribution is -2.44. The number of carbonyl (C=O) groups excluding carboxylic acids is 3.